The summed E-state index contributed by atoms with van der Waals surface area (Å²) in [5, 5.41) is 8.08. The standard InChI is InChI=1S/C11H14N4O/c1-8-11(7-12)13-14-15(8)9-4-3-5-10(6-9)16-2/h3-6H,7,12H2,1-2H3. The predicted molar refractivity (Wildman–Crippen MR) is 60.5 cm³/mol. The molecule has 2 N–H and O–H groups in total. The summed E-state index contributed by atoms with van der Waals surface area (Å²) in [5.41, 5.74) is 8.24. The highest BCUT2D eigenvalue weighted by Crippen LogP contribution is 2.17. The van der Waals surface area contributed by atoms with Crippen molar-refractivity contribution in [2.75, 3.05) is 7.11 Å². The summed E-state index contributed by atoms with van der Waals surface area (Å²) in [6.07, 6.45) is 0. The third-order valence-electron chi connectivity index (χ3n) is 2.48. The molecule has 5 heteroatoms. The van der Waals surface area contributed by atoms with Gasteiger partial charge in [0, 0.05) is 12.6 Å². The number of nitrogens with zero attached hydrogens (tertiary/aromatic N) is 3. The van der Waals surface area contributed by atoms with Gasteiger partial charge in [-0.2, -0.15) is 0 Å². The van der Waals surface area contributed by atoms with Crippen molar-refractivity contribution in [3.8, 4) is 11.4 Å². The van der Waals surface area contributed by atoms with Crippen molar-refractivity contribution in [3.63, 3.8) is 0 Å². The van der Waals surface area contributed by atoms with Gasteiger partial charge in [0.25, 0.3) is 0 Å². The van der Waals surface area contributed by atoms with Crippen molar-refractivity contribution in [2.45, 2.75) is 13.5 Å². The van der Waals surface area contributed by atoms with E-state index in [1.54, 1.807) is 11.8 Å². The number of hydrogen-bond acceptors (Lipinski definition) is 4. The molecule has 0 aliphatic carbocycles. The molecule has 84 valence electrons. The van der Waals surface area contributed by atoms with Gasteiger partial charge in [-0.3, -0.25) is 0 Å². The zero-order chi connectivity index (χ0) is 11.5. The number of rotatable bonds is 3. The van der Waals surface area contributed by atoms with Gasteiger partial charge in [0.1, 0.15) is 5.75 Å². The highest BCUT2D eigenvalue weighted by atomic mass is 16.5. The van der Waals surface area contributed by atoms with Gasteiger partial charge >= 0.3 is 0 Å². The molecule has 0 bridgehead atoms. The second-order valence-corrected chi connectivity index (χ2v) is 3.44. The van der Waals surface area contributed by atoms with E-state index < -0.39 is 0 Å². The maximum atomic E-state index is 5.56. The van der Waals surface area contributed by atoms with Crippen molar-refractivity contribution in [2.24, 2.45) is 5.73 Å². The van der Waals surface area contributed by atoms with Crippen LogP contribution < -0.4 is 10.5 Å². The van der Waals surface area contributed by atoms with Crippen LogP contribution in [0.4, 0.5) is 0 Å². The monoisotopic (exact) mass is 218 g/mol. The minimum absolute atomic E-state index is 0.399. The Morgan fingerprint density at radius 1 is 1.44 bits per heavy atom. The lowest BCUT2D eigenvalue weighted by Gasteiger charge is -2.05. The lowest BCUT2D eigenvalue weighted by molar-refractivity contribution is 0.414. The van der Waals surface area contributed by atoms with Gasteiger partial charge in [-0.1, -0.05) is 11.3 Å². The van der Waals surface area contributed by atoms with Crippen LogP contribution in [0.3, 0.4) is 0 Å². The molecule has 1 heterocycles. The second kappa shape index (κ2) is 4.32. The average Bonchev–Trinajstić information content (AvgIpc) is 2.70. The van der Waals surface area contributed by atoms with E-state index in [9.17, 15) is 0 Å². The van der Waals surface area contributed by atoms with Crippen LogP contribution in [-0.4, -0.2) is 22.1 Å². The average molecular weight is 218 g/mol. The largest absolute Gasteiger partial charge is 0.497 e. The van der Waals surface area contributed by atoms with E-state index in [-0.39, 0.29) is 0 Å². The lowest BCUT2D eigenvalue weighted by atomic mass is 10.3. The first-order chi connectivity index (χ1) is 7.76. The van der Waals surface area contributed by atoms with Gasteiger partial charge < -0.3 is 10.5 Å². The summed E-state index contributed by atoms with van der Waals surface area (Å²) < 4.78 is 6.92. The van der Waals surface area contributed by atoms with Crippen molar-refractivity contribution in [1.29, 1.82) is 0 Å². The fraction of sp³-hybridized carbons (Fsp3) is 0.273. The molecule has 1 aromatic carbocycles. The molecule has 0 saturated carbocycles. The van der Waals surface area contributed by atoms with Gasteiger partial charge in [0.05, 0.1) is 24.2 Å². The van der Waals surface area contributed by atoms with E-state index in [4.69, 9.17) is 10.5 Å². The summed E-state index contributed by atoms with van der Waals surface area (Å²) in [5.74, 6) is 0.793. The lowest BCUT2D eigenvalue weighted by Crippen LogP contribution is -2.02. The van der Waals surface area contributed by atoms with E-state index in [2.05, 4.69) is 10.3 Å². The molecule has 2 rings (SSSR count). The molecule has 0 radical (unpaired) electrons. The Bertz CT molecular complexity index is 492. The Morgan fingerprint density at radius 2 is 2.25 bits per heavy atom. The van der Waals surface area contributed by atoms with Gasteiger partial charge in [0.15, 0.2) is 0 Å². The molecular weight excluding hydrogens is 204 g/mol. The predicted octanol–water partition coefficient (Wildman–Crippen LogP) is 1.04. The van der Waals surface area contributed by atoms with E-state index >= 15 is 0 Å². The van der Waals surface area contributed by atoms with Gasteiger partial charge in [0.2, 0.25) is 0 Å². The topological polar surface area (TPSA) is 66.0 Å². The quantitative estimate of drug-likeness (QED) is 0.836. The SMILES string of the molecule is COc1cccc(-n2nnc(CN)c2C)c1. The van der Waals surface area contributed by atoms with Crippen LogP contribution in [0, 0.1) is 6.92 Å². The first kappa shape index (κ1) is 10.6. The minimum Gasteiger partial charge on any atom is -0.497 e. The number of aromatic nitrogens is 3. The van der Waals surface area contributed by atoms with Crippen LogP contribution in [0.1, 0.15) is 11.4 Å². The molecule has 1 aromatic heterocycles. The number of hydrogen-bond donors (Lipinski definition) is 1. The van der Waals surface area contributed by atoms with Crippen molar-refractivity contribution in [1.82, 2.24) is 15.0 Å². The first-order valence-corrected chi connectivity index (χ1v) is 5.02. The molecule has 0 saturated heterocycles. The van der Waals surface area contributed by atoms with Gasteiger partial charge in [-0.15, -0.1) is 5.10 Å². The van der Waals surface area contributed by atoms with Gasteiger partial charge in [-0.25, -0.2) is 4.68 Å². The summed E-state index contributed by atoms with van der Waals surface area (Å²) in [4.78, 5) is 0. The molecule has 0 atom stereocenters. The summed E-state index contributed by atoms with van der Waals surface area (Å²) >= 11 is 0. The first-order valence-electron chi connectivity index (χ1n) is 5.02. The zero-order valence-electron chi connectivity index (χ0n) is 9.34. The molecule has 16 heavy (non-hydrogen) atoms. The maximum absolute atomic E-state index is 5.56. The van der Waals surface area contributed by atoms with Crippen LogP contribution in [0.5, 0.6) is 5.75 Å². The fourth-order valence-electron chi connectivity index (χ4n) is 1.54. The highest BCUT2D eigenvalue weighted by molar-refractivity contribution is 5.39. The molecule has 0 fully saturated rings. The summed E-state index contributed by atoms with van der Waals surface area (Å²) in [6, 6.07) is 7.66. The van der Waals surface area contributed by atoms with Crippen LogP contribution >= 0.6 is 0 Å². The molecule has 0 unspecified atom stereocenters. The van der Waals surface area contributed by atoms with E-state index in [1.807, 2.05) is 31.2 Å². The van der Waals surface area contributed by atoms with E-state index in [0.717, 1.165) is 22.8 Å². The number of ether oxygens (including phenoxy) is 1. The van der Waals surface area contributed by atoms with Crippen molar-refractivity contribution >= 4 is 0 Å². The van der Waals surface area contributed by atoms with Crippen LogP contribution in [0.15, 0.2) is 24.3 Å². The zero-order valence-corrected chi connectivity index (χ0v) is 9.34. The minimum atomic E-state index is 0.399. The summed E-state index contributed by atoms with van der Waals surface area (Å²) in [7, 11) is 1.64. The summed E-state index contributed by atoms with van der Waals surface area (Å²) in [6.45, 7) is 2.34. The number of methoxy groups -OCH3 is 1. The molecule has 2 aromatic rings. The third kappa shape index (κ3) is 1.77. The Labute approximate surface area is 93.8 Å². The number of nitrogens with two attached hydrogens (primary N) is 1. The van der Waals surface area contributed by atoms with Crippen LogP contribution in [0.25, 0.3) is 5.69 Å². The normalized spacial score (nSPS) is 10.4. The molecular formula is C11H14N4O. The molecule has 0 aliphatic rings. The highest BCUT2D eigenvalue weighted by Gasteiger charge is 2.08. The number of benzene rings is 1. The Balaban J connectivity index is 2.45. The molecule has 5 nitrogen and oxygen atoms in total. The Morgan fingerprint density at radius 3 is 2.88 bits per heavy atom. The second-order valence-electron chi connectivity index (χ2n) is 3.44. The molecule has 0 aliphatic heterocycles. The molecule has 0 amide bonds. The van der Waals surface area contributed by atoms with Crippen LogP contribution in [0.2, 0.25) is 0 Å². The van der Waals surface area contributed by atoms with Crippen molar-refractivity contribution < 1.29 is 4.74 Å². The van der Waals surface area contributed by atoms with E-state index in [1.165, 1.54) is 0 Å². The van der Waals surface area contributed by atoms with Gasteiger partial charge in [-0.05, 0) is 19.1 Å². The third-order valence-corrected chi connectivity index (χ3v) is 2.48. The Kier molecular flexibility index (Phi) is 2.87. The smallest absolute Gasteiger partial charge is 0.121 e. The van der Waals surface area contributed by atoms with Crippen LogP contribution in [-0.2, 0) is 6.54 Å². The Hall–Kier alpha value is -1.88. The van der Waals surface area contributed by atoms with Crippen molar-refractivity contribution in [3.05, 3.63) is 35.7 Å². The maximum Gasteiger partial charge on any atom is 0.121 e. The fourth-order valence-corrected chi connectivity index (χ4v) is 1.54. The van der Waals surface area contributed by atoms with E-state index in [0.29, 0.717) is 6.54 Å². The molecule has 0 spiro atoms.